The van der Waals surface area contributed by atoms with Gasteiger partial charge in [-0.05, 0) is 96.4 Å². The predicted molar refractivity (Wildman–Crippen MR) is 205 cm³/mol. The third-order valence-electron chi connectivity index (χ3n) is 9.54. The van der Waals surface area contributed by atoms with Gasteiger partial charge in [-0.1, -0.05) is 79.4 Å². The van der Waals surface area contributed by atoms with E-state index < -0.39 is 0 Å². The van der Waals surface area contributed by atoms with Crippen LogP contribution < -0.4 is 0 Å². The Kier molecular flexibility index (Phi) is 6.43. The minimum Gasteiger partial charge on any atom is -0.310 e. The lowest BCUT2D eigenvalue weighted by atomic mass is 10.0. The number of fused-ring (bicyclic) bond motifs is 7. The molecule has 3 nitrogen and oxygen atoms in total. The van der Waals surface area contributed by atoms with Gasteiger partial charge in [-0.15, -0.1) is 11.3 Å². The molecule has 0 saturated carbocycles. The van der Waals surface area contributed by atoms with Crippen LogP contribution in [0.1, 0.15) is 16.8 Å². The van der Waals surface area contributed by atoms with Crippen molar-refractivity contribution in [3.63, 3.8) is 0 Å². The Balaban J connectivity index is 1.24. The van der Waals surface area contributed by atoms with Crippen LogP contribution in [0.4, 0.5) is 0 Å². The lowest BCUT2D eigenvalue weighted by molar-refractivity contribution is 1.10. The maximum Gasteiger partial charge on any atom is 0.0991 e. The molecule has 0 spiro atoms. The van der Waals surface area contributed by atoms with Crippen LogP contribution in [0, 0.1) is 18.3 Å². The molecule has 0 bridgehead atoms. The molecule has 226 valence electrons. The normalized spacial score (nSPS) is 11.8. The quantitative estimate of drug-likeness (QED) is 0.174. The van der Waals surface area contributed by atoms with Gasteiger partial charge in [-0.25, -0.2) is 0 Å². The van der Waals surface area contributed by atoms with Crippen molar-refractivity contribution in [3.8, 4) is 28.6 Å². The van der Waals surface area contributed by atoms with Gasteiger partial charge >= 0.3 is 0 Å². The molecule has 9 rings (SSSR count). The number of nitrogens with zero attached hydrogens (tertiary/aromatic N) is 3. The first kappa shape index (κ1) is 28.1. The van der Waals surface area contributed by atoms with Gasteiger partial charge < -0.3 is 9.13 Å². The molecule has 0 radical (unpaired) electrons. The number of rotatable bonds is 5. The van der Waals surface area contributed by atoms with E-state index in [4.69, 9.17) is 0 Å². The second-order valence-corrected chi connectivity index (χ2v) is 13.2. The number of hydrogen-bond donors (Lipinski definition) is 0. The number of aryl methyl sites for hydroxylation is 1. The summed E-state index contributed by atoms with van der Waals surface area (Å²) in [6, 6.07) is 47.8. The van der Waals surface area contributed by atoms with Gasteiger partial charge in [-0.2, -0.15) is 5.26 Å². The van der Waals surface area contributed by atoms with Crippen molar-refractivity contribution in [1.82, 2.24) is 9.13 Å². The minimum absolute atomic E-state index is 0.648. The maximum absolute atomic E-state index is 9.36. The Bertz CT molecular complexity index is 2810. The highest BCUT2D eigenvalue weighted by Gasteiger charge is 2.18. The number of allylic oxidation sites excluding steroid dienone is 2. The van der Waals surface area contributed by atoms with Crippen LogP contribution >= 0.6 is 11.3 Å². The molecular weight excluding hydrogens is 603 g/mol. The second-order valence-electron chi connectivity index (χ2n) is 12.2. The van der Waals surface area contributed by atoms with Gasteiger partial charge in [-0.3, -0.25) is 0 Å². The first-order chi connectivity index (χ1) is 23.6. The Morgan fingerprint density at radius 2 is 1.31 bits per heavy atom. The summed E-state index contributed by atoms with van der Waals surface area (Å²) in [7, 11) is 0. The Morgan fingerprint density at radius 1 is 0.646 bits per heavy atom. The zero-order chi connectivity index (χ0) is 32.4. The van der Waals surface area contributed by atoms with Crippen molar-refractivity contribution in [2.45, 2.75) is 6.92 Å². The van der Waals surface area contributed by atoms with Crippen molar-refractivity contribution < 1.29 is 0 Å². The molecule has 0 saturated heterocycles. The zero-order valence-corrected chi connectivity index (χ0v) is 27.1. The van der Waals surface area contributed by atoms with Crippen molar-refractivity contribution in [2.75, 3.05) is 0 Å². The summed E-state index contributed by atoms with van der Waals surface area (Å²) >= 11 is 1.87. The summed E-state index contributed by atoms with van der Waals surface area (Å²) in [6.07, 6.45) is 5.89. The predicted octanol–water partition coefficient (Wildman–Crippen LogP) is 12.1. The lowest BCUT2D eigenvalue weighted by Gasteiger charge is -2.11. The molecule has 0 fully saturated rings. The Labute approximate surface area is 282 Å². The summed E-state index contributed by atoms with van der Waals surface area (Å²) in [5.74, 6) is 0. The topological polar surface area (TPSA) is 33.6 Å². The van der Waals surface area contributed by atoms with Crippen LogP contribution in [0.5, 0.6) is 0 Å². The summed E-state index contributed by atoms with van der Waals surface area (Å²) in [4.78, 5) is 0. The van der Waals surface area contributed by atoms with Crippen molar-refractivity contribution in [2.24, 2.45) is 0 Å². The molecule has 3 heterocycles. The fraction of sp³-hybridized carbons (Fsp3) is 0.0227. The highest BCUT2D eigenvalue weighted by molar-refractivity contribution is 7.26. The molecule has 0 atom stereocenters. The number of thiophene rings is 1. The molecule has 0 aliphatic heterocycles. The Morgan fingerprint density at radius 3 is 2.08 bits per heavy atom. The van der Waals surface area contributed by atoms with E-state index in [0.717, 1.165) is 16.9 Å². The van der Waals surface area contributed by atoms with Gasteiger partial charge in [0.15, 0.2) is 0 Å². The number of nitriles is 1. The van der Waals surface area contributed by atoms with Crippen molar-refractivity contribution in [3.05, 3.63) is 163 Å². The van der Waals surface area contributed by atoms with E-state index in [1.807, 2.05) is 41.7 Å². The van der Waals surface area contributed by atoms with E-state index in [2.05, 4.69) is 138 Å². The smallest absolute Gasteiger partial charge is 0.0991 e. The highest BCUT2D eigenvalue weighted by Crippen LogP contribution is 2.42. The molecule has 0 aliphatic carbocycles. The molecule has 3 aromatic heterocycles. The number of para-hydroxylation sites is 1. The average Bonchev–Trinajstić information content (AvgIpc) is 3.77. The highest BCUT2D eigenvalue weighted by atomic mass is 32.1. The van der Waals surface area contributed by atoms with Gasteiger partial charge in [0.25, 0.3) is 0 Å². The molecule has 6 aromatic carbocycles. The maximum atomic E-state index is 9.36. The molecule has 0 aliphatic rings. The Hall–Kier alpha value is -6.15. The van der Waals surface area contributed by atoms with Crippen LogP contribution in [0.3, 0.4) is 0 Å². The van der Waals surface area contributed by atoms with Crippen LogP contribution in [-0.2, 0) is 0 Å². The lowest BCUT2D eigenvalue weighted by Crippen LogP contribution is -1.97. The first-order valence-corrected chi connectivity index (χ1v) is 16.8. The van der Waals surface area contributed by atoms with Crippen molar-refractivity contribution in [1.29, 1.82) is 5.26 Å². The fourth-order valence-corrected chi connectivity index (χ4v) is 8.50. The first-order valence-electron chi connectivity index (χ1n) is 16.0. The van der Waals surface area contributed by atoms with E-state index >= 15 is 0 Å². The standard InChI is InChI=1S/C44H29N3S/c1-3-4-13-38-28(2)36-25-30(19-23-40(36)46(38)32-21-17-29(27-45)18-22-32)31-20-24-41-37(26-31)33-10-5-7-14-39(33)47(41)42-15-9-12-35-34-11-6-8-16-43(34)48-44(35)42/h3-26H,1H2,2H3/b13-4-. The molecule has 0 N–H and O–H groups in total. The fourth-order valence-electron chi connectivity index (χ4n) is 7.29. The molecule has 4 heteroatoms. The van der Waals surface area contributed by atoms with Gasteiger partial charge in [0.05, 0.1) is 38.6 Å². The summed E-state index contributed by atoms with van der Waals surface area (Å²) < 4.78 is 7.32. The second kappa shape index (κ2) is 11.0. The summed E-state index contributed by atoms with van der Waals surface area (Å²) in [6.45, 7) is 6.08. The molecule has 48 heavy (non-hydrogen) atoms. The van der Waals surface area contributed by atoms with Gasteiger partial charge in [0.2, 0.25) is 0 Å². The molecule has 0 unspecified atom stereocenters. The van der Waals surface area contributed by atoms with Gasteiger partial charge in [0, 0.05) is 43.0 Å². The third-order valence-corrected chi connectivity index (χ3v) is 10.8. The summed E-state index contributed by atoms with van der Waals surface area (Å²) in [5, 5.41) is 15.6. The molecule has 0 amide bonds. The largest absolute Gasteiger partial charge is 0.310 e. The van der Waals surface area contributed by atoms with Crippen LogP contribution in [0.25, 0.3) is 81.5 Å². The minimum atomic E-state index is 0.648. The monoisotopic (exact) mass is 631 g/mol. The van der Waals surface area contributed by atoms with Crippen LogP contribution in [0.2, 0.25) is 0 Å². The molecule has 9 aromatic rings. The van der Waals surface area contributed by atoms with E-state index in [1.165, 1.54) is 69.7 Å². The van der Waals surface area contributed by atoms with Crippen LogP contribution in [0.15, 0.2) is 146 Å². The van der Waals surface area contributed by atoms with E-state index in [0.29, 0.717) is 5.56 Å². The number of aromatic nitrogens is 2. The van der Waals surface area contributed by atoms with E-state index in [9.17, 15) is 5.26 Å². The third kappa shape index (κ3) is 4.19. The summed E-state index contributed by atoms with van der Waals surface area (Å²) in [5.41, 5.74) is 11.1. The van der Waals surface area contributed by atoms with Crippen LogP contribution in [-0.4, -0.2) is 9.13 Å². The van der Waals surface area contributed by atoms with E-state index in [1.54, 1.807) is 6.08 Å². The number of hydrogen-bond acceptors (Lipinski definition) is 2. The zero-order valence-electron chi connectivity index (χ0n) is 26.3. The molecular formula is C44H29N3S. The van der Waals surface area contributed by atoms with E-state index in [-0.39, 0.29) is 0 Å². The SMILES string of the molecule is C=C/C=C\c1c(C)c2cc(-c3ccc4c(c3)c3ccccc3n4-c3cccc4c3sc3ccccc34)ccc2n1-c1ccc(C#N)cc1. The average molecular weight is 632 g/mol. The number of benzene rings is 6. The van der Waals surface area contributed by atoms with Crippen molar-refractivity contribution >= 4 is 70.3 Å². The van der Waals surface area contributed by atoms with Gasteiger partial charge in [0.1, 0.15) is 0 Å².